The van der Waals surface area contributed by atoms with Gasteiger partial charge < -0.3 is 25.8 Å². The molecule has 3 atom stereocenters. The van der Waals surface area contributed by atoms with Crippen LogP contribution in [0, 0.1) is 5.92 Å². The number of nitrogens with two attached hydrogens (primary N) is 1. The quantitative estimate of drug-likeness (QED) is 0.559. The van der Waals surface area contributed by atoms with E-state index in [2.05, 4.69) is 5.32 Å². The van der Waals surface area contributed by atoms with Crippen LogP contribution in [-0.4, -0.2) is 90.8 Å². The van der Waals surface area contributed by atoms with Crippen molar-refractivity contribution in [2.45, 2.75) is 51.6 Å². The highest BCUT2D eigenvalue weighted by Crippen LogP contribution is 2.24. The molecule has 2 aliphatic heterocycles. The molecule has 0 aliphatic carbocycles. The molecule has 1 unspecified atom stereocenters. The van der Waals surface area contributed by atoms with Gasteiger partial charge in [0.25, 0.3) is 0 Å². The maximum absolute atomic E-state index is 13.3. The molecule has 154 valence electrons. The molecule has 2 fully saturated rings. The van der Waals surface area contributed by atoms with Crippen LogP contribution in [0.5, 0.6) is 0 Å². The van der Waals surface area contributed by atoms with E-state index in [-0.39, 0.29) is 30.2 Å². The maximum atomic E-state index is 13.3. The Morgan fingerprint density at radius 3 is 2.52 bits per heavy atom. The van der Waals surface area contributed by atoms with Crippen LogP contribution in [0.25, 0.3) is 0 Å². The topological polar surface area (TPSA) is 99.0 Å². The molecule has 3 amide bonds. The lowest BCUT2D eigenvalue weighted by Gasteiger charge is -2.44. The molecular weight excluding hydrogens is 346 g/mol. The Morgan fingerprint density at radius 1 is 1.26 bits per heavy atom. The Balaban J connectivity index is 2.24. The van der Waals surface area contributed by atoms with Crippen molar-refractivity contribution < 1.29 is 14.4 Å². The van der Waals surface area contributed by atoms with Gasteiger partial charge in [0.15, 0.2) is 0 Å². The molecule has 0 spiro atoms. The fourth-order valence-electron chi connectivity index (χ4n) is 3.93. The van der Waals surface area contributed by atoms with Gasteiger partial charge in [-0.05, 0) is 31.7 Å². The van der Waals surface area contributed by atoms with Gasteiger partial charge in [0, 0.05) is 33.2 Å². The molecule has 0 saturated carbocycles. The molecule has 0 radical (unpaired) electrons. The van der Waals surface area contributed by atoms with Crippen molar-refractivity contribution in [2.75, 3.05) is 46.3 Å². The average Bonchev–Trinajstić information content (AvgIpc) is 2.68. The zero-order chi connectivity index (χ0) is 20.0. The molecule has 8 nitrogen and oxygen atoms in total. The zero-order valence-corrected chi connectivity index (χ0v) is 16.9. The van der Waals surface area contributed by atoms with Crippen LogP contribution < -0.4 is 11.1 Å². The van der Waals surface area contributed by atoms with E-state index in [1.54, 1.807) is 16.8 Å². The minimum atomic E-state index is -0.577. The summed E-state index contributed by atoms with van der Waals surface area (Å²) in [5.74, 6) is -0.195. The summed E-state index contributed by atoms with van der Waals surface area (Å²) in [5, 5.41) is 3.24. The first-order valence-corrected chi connectivity index (χ1v) is 10.2. The summed E-state index contributed by atoms with van der Waals surface area (Å²) in [6.07, 6.45) is 2.91. The number of amides is 3. The highest BCUT2D eigenvalue weighted by atomic mass is 16.2. The largest absolute Gasteiger partial charge is 0.338 e. The van der Waals surface area contributed by atoms with Gasteiger partial charge in [-0.2, -0.15) is 0 Å². The number of nitrogens with zero attached hydrogens (tertiary/aromatic N) is 3. The summed E-state index contributed by atoms with van der Waals surface area (Å²) in [6.45, 7) is 7.32. The first kappa shape index (κ1) is 21.6. The van der Waals surface area contributed by atoms with Crippen molar-refractivity contribution >= 4 is 17.7 Å². The van der Waals surface area contributed by atoms with Crippen LogP contribution in [-0.2, 0) is 14.4 Å². The first-order chi connectivity index (χ1) is 12.9. The standard InChI is InChI=1S/C19H35N5O3/c1-4-14(2)17-19(27)24(13-16(25)22(17)3)15(7-5-6-8-20)18(26)23-11-9-21-10-12-23/h14-15,17,21H,4-13,20H2,1-3H3/t14?,15-,17-/m0/s1. The summed E-state index contributed by atoms with van der Waals surface area (Å²) in [6, 6.07) is -1.07. The molecule has 8 heteroatoms. The number of carbonyl (C=O) groups excluding carboxylic acids is 3. The van der Waals surface area contributed by atoms with Gasteiger partial charge in [0.2, 0.25) is 17.7 Å². The zero-order valence-electron chi connectivity index (χ0n) is 16.9. The Morgan fingerprint density at radius 2 is 1.93 bits per heavy atom. The molecule has 2 saturated heterocycles. The number of unbranched alkanes of at least 4 members (excludes halogenated alkanes) is 1. The van der Waals surface area contributed by atoms with Crippen LogP contribution in [0.4, 0.5) is 0 Å². The SMILES string of the molecule is CCC(C)[C@H]1C(=O)N([C@@H](CCCCN)C(=O)N2CCNCC2)CC(=O)N1C. The minimum Gasteiger partial charge on any atom is -0.338 e. The van der Waals surface area contributed by atoms with Gasteiger partial charge in [-0.1, -0.05) is 20.3 Å². The number of piperazine rings is 2. The van der Waals surface area contributed by atoms with Crippen molar-refractivity contribution in [3.8, 4) is 0 Å². The second kappa shape index (κ2) is 10.0. The van der Waals surface area contributed by atoms with Gasteiger partial charge in [0.1, 0.15) is 18.6 Å². The van der Waals surface area contributed by atoms with Crippen molar-refractivity contribution in [3.05, 3.63) is 0 Å². The summed E-state index contributed by atoms with van der Waals surface area (Å²) in [4.78, 5) is 44.0. The lowest BCUT2D eigenvalue weighted by molar-refractivity contribution is -0.163. The Bertz CT molecular complexity index is 535. The monoisotopic (exact) mass is 381 g/mol. The number of nitrogens with one attached hydrogen (secondary N) is 1. The van der Waals surface area contributed by atoms with E-state index in [0.717, 1.165) is 32.4 Å². The smallest absolute Gasteiger partial charge is 0.246 e. The van der Waals surface area contributed by atoms with E-state index >= 15 is 0 Å². The molecule has 2 heterocycles. The van der Waals surface area contributed by atoms with E-state index in [4.69, 9.17) is 5.73 Å². The first-order valence-electron chi connectivity index (χ1n) is 10.2. The fraction of sp³-hybridized carbons (Fsp3) is 0.842. The number of hydrogen-bond acceptors (Lipinski definition) is 5. The lowest BCUT2D eigenvalue weighted by atomic mass is 9.93. The van der Waals surface area contributed by atoms with Crippen LogP contribution in [0.3, 0.4) is 0 Å². The molecule has 0 aromatic rings. The average molecular weight is 382 g/mol. The number of likely N-dealkylation sites (N-methyl/N-ethyl adjacent to an activating group) is 1. The molecule has 2 rings (SSSR count). The number of rotatable bonds is 8. The molecule has 3 N–H and O–H groups in total. The van der Waals surface area contributed by atoms with Crippen molar-refractivity contribution in [3.63, 3.8) is 0 Å². The third-order valence-corrected chi connectivity index (χ3v) is 5.86. The van der Waals surface area contributed by atoms with Crippen LogP contribution in [0.1, 0.15) is 39.5 Å². The van der Waals surface area contributed by atoms with E-state index < -0.39 is 12.1 Å². The van der Waals surface area contributed by atoms with E-state index in [9.17, 15) is 14.4 Å². The molecule has 0 aromatic heterocycles. The van der Waals surface area contributed by atoms with Gasteiger partial charge >= 0.3 is 0 Å². The van der Waals surface area contributed by atoms with Crippen LogP contribution in [0.2, 0.25) is 0 Å². The van der Waals surface area contributed by atoms with E-state index in [1.807, 2.05) is 18.7 Å². The molecule has 0 bridgehead atoms. The predicted octanol–water partition coefficient (Wildman–Crippen LogP) is -0.369. The van der Waals surface area contributed by atoms with Gasteiger partial charge in [-0.3, -0.25) is 14.4 Å². The maximum Gasteiger partial charge on any atom is 0.246 e. The molecule has 0 aromatic carbocycles. The molecule has 2 aliphatic rings. The third-order valence-electron chi connectivity index (χ3n) is 5.86. The van der Waals surface area contributed by atoms with Crippen molar-refractivity contribution in [1.82, 2.24) is 20.0 Å². The van der Waals surface area contributed by atoms with Crippen LogP contribution in [0.15, 0.2) is 0 Å². The molecule has 27 heavy (non-hydrogen) atoms. The van der Waals surface area contributed by atoms with E-state index in [0.29, 0.717) is 26.1 Å². The van der Waals surface area contributed by atoms with Crippen molar-refractivity contribution in [2.24, 2.45) is 11.7 Å². The second-order valence-corrected chi connectivity index (χ2v) is 7.68. The van der Waals surface area contributed by atoms with Gasteiger partial charge in [0.05, 0.1) is 0 Å². The summed E-state index contributed by atoms with van der Waals surface area (Å²) in [7, 11) is 1.69. The number of hydrogen-bond donors (Lipinski definition) is 2. The summed E-state index contributed by atoms with van der Waals surface area (Å²) in [5.41, 5.74) is 5.61. The van der Waals surface area contributed by atoms with E-state index in [1.165, 1.54) is 0 Å². The summed E-state index contributed by atoms with van der Waals surface area (Å²) < 4.78 is 0. The normalized spacial score (nSPS) is 23.6. The van der Waals surface area contributed by atoms with Gasteiger partial charge in [-0.25, -0.2) is 0 Å². The predicted molar refractivity (Wildman–Crippen MR) is 104 cm³/mol. The fourth-order valence-corrected chi connectivity index (χ4v) is 3.93. The second-order valence-electron chi connectivity index (χ2n) is 7.68. The van der Waals surface area contributed by atoms with Gasteiger partial charge in [-0.15, -0.1) is 0 Å². The highest BCUT2D eigenvalue weighted by Gasteiger charge is 2.44. The Kier molecular flexibility index (Phi) is 8.04. The Labute approximate surface area is 162 Å². The van der Waals surface area contributed by atoms with Crippen molar-refractivity contribution in [1.29, 1.82) is 0 Å². The number of carbonyl (C=O) groups is 3. The molecular formula is C19H35N5O3. The highest BCUT2D eigenvalue weighted by molar-refractivity contribution is 5.98. The minimum absolute atomic E-state index is 0.0204. The van der Waals surface area contributed by atoms with Crippen LogP contribution >= 0.6 is 0 Å². The summed E-state index contributed by atoms with van der Waals surface area (Å²) >= 11 is 0. The third kappa shape index (κ3) is 4.99. The Hall–Kier alpha value is -1.67. The lowest BCUT2D eigenvalue weighted by Crippen LogP contribution is -2.65.